The fraction of sp³-hybridized carbons (Fsp3) is 0.364. The molecular formula is C22H24Cl2N2O4. The van der Waals surface area contributed by atoms with Crippen molar-refractivity contribution in [2.24, 2.45) is 0 Å². The third kappa shape index (κ3) is 7.43. The lowest BCUT2D eigenvalue weighted by Crippen LogP contribution is -2.45. The topological polar surface area (TPSA) is 76.7 Å². The van der Waals surface area contributed by atoms with Gasteiger partial charge in [-0.05, 0) is 67.6 Å². The Hall–Kier alpha value is -2.44. The van der Waals surface area contributed by atoms with Gasteiger partial charge in [0.2, 0.25) is 0 Å². The maximum absolute atomic E-state index is 12.1. The third-order valence-corrected chi connectivity index (χ3v) is 5.38. The molecule has 1 saturated carbocycles. The molecule has 1 aliphatic carbocycles. The van der Waals surface area contributed by atoms with E-state index in [4.69, 9.17) is 32.7 Å². The van der Waals surface area contributed by atoms with Gasteiger partial charge in [-0.15, -0.1) is 0 Å². The number of halogens is 2. The average Bonchev–Trinajstić information content (AvgIpc) is 2.74. The van der Waals surface area contributed by atoms with Crippen LogP contribution in [-0.2, 0) is 16.1 Å². The molecule has 8 heteroatoms. The van der Waals surface area contributed by atoms with Gasteiger partial charge in [0.1, 0.15) is 12.4 Å². The summed E-state index contributed by atoms with van der Waals surface area (Å²) in [6.45, 7) is 0.152. The van der Waals surface area contributed by atoms with Crippen molar-refractivity contribution in [1.82, 2.24) is 10.6 Å². The van der Waals surface area contributed by atoms with E-state index in [1.54, 1.807) is 36.4 Å². The number of hydrogen-bond acceptors (Lipinski definition) is 4. The zero-order valence-electron chi connectivity index (χ0n) is 16.4. The Morgan fingerprint density at radius 2 is 1.37 bits per heavy atom. The van der Waals surface area contributed by atoms with Crippen molar-refractivity contribution in [3.63, 3.8) is 0 Å². The molecule has 2 aromatic rings. The van der Waals surface area contributed by atoms with Gasteiger partial charge in [0.15, 0.2) is 6.61 Å². The van der Waals surface area contributed by atoms with Crippen LogP contribution in [0.15, 0.2) is 48.5 Å². The molecule has 0 aromatic heterocycles. The van der Waals surface area contributed by atoms with Crippen LogP contribution in [0, 0.1) is 0 Å². The van der Waals surface area contributed by atoms with Crippen LogP contribution in [0.2, 0.25) is 10.0 Å². The zero-order chi connectivity index (χ0) is 21.3. The van der Waals surface area contributed by atoms with Crippen LogP contribution in [0.4, 0.5) is 4.79 Å². The van der Waals surface area contributed by atoms with Crippen molar-refractivity contribution >= 4 is 35.2 Å². The predicted molar refractivity (Wildman–Crippen MR) is 116 cm³/mol. The Bertz CT molecular complexity index is 764. The molecule has 0 saturated heterocycles. The molecule has 0 unspecified atom stereocenters. The number of carbonyl (C=O) groups excluding carboxylic acids is 2. The van der Waals surface area contributed by atoms with Crippen LogP contribution in [0.25, 0.3) is 0 Å². The van der Waals surface area contributed by atoms with Gasteiger partial charge in [-0.25, -0.2) is 4.79 Å². The summed E-state index contributed by atoms with van der Waals surface area (Å²) in [5, 5.41) is 7.13. The summed E-state index contributed by atoms with van der Waals surface area (Å²) in [5.41, 5.74) is 0.877. The molecule has 3 rings (SSSR count). The molecule has 0 heterocycles. The molecule has 30 heavy (non-hydrogen) atoms. The van der Waals surface area contributed by atoms with Crippen LogP contribution < -0.4 is 15.4 Å². The minimum absolute atomic E-state index is 0.0428. The molecule has 6 nitrogen and oxygen atoms in total. The van der Waals surface area contributed by atoms with Crippen LogP contribution in [-0.4, -0.2) is 30.7 Å². The highest BCUT2D eigenvalue weighted by Gasteiger charge is 2.24. The first-order chi connectivity index (χ1) is 14.5. The van der Waals surface area contributed by atoms with E-state index in [1.807, 2.05) is 12.1 Å². The number of ether oxygens (including phenoxy) is 2. The van der Waals surface area contributed by atoms with Crippen LogP contribution >= 0.6 is 23.2 Å². The number of benzene rings is 2. The van der Waals surface area contributed by atoms with Gasteiger partial charge in [0.25, 0.3) is 5.91 Å². The SMILES string of the molecule is O=C(COc1ccc(Cl)cc1)NC1CCC(NC(=O)OCc2ccc(Cl)cc2)CC1. The van der Waals surface area contributed by atoms with Crippen molar-refractivity contribution in [1.29, 1.82) is 0 Å². The van der Waals surface area contributed by atoms with Gasteiger partial charge in [0, 0.05) is 22.1 Å². The van der Waals surface area contributed by atoms with E-state index < -0.39 is 6.09 Å². The number of rotatable bonds is 7. The number of alkyl carbamates (subject to hydrolysis) is 1. The zero-order valence-corrected chi connectivity index (χ0v) is 17.9. The fourth-order valence-electron chi connectivity index (χ4n) is 3.27. The summed E-state index contributed by atoms with van der Waals surface area (Å²) in [6, 6.07) is 14.1. The Morgan fingerprint density at radius 3 is 1.97 bits per heavy atom. The van der Waals surface area contributed by atoms with Gasteiger partial charge in [-0.2, -0.15) is 0 Å². The summed E-state index contributed by atoms with van der Waals surface area (Å²) in [7, 11) is 0. The Labute approximate surface area is 185 Å². The smallest absolute Gasteiger partial charge is 0.407 e. The molecular weight excluding hydrogens is 427 g/mol. The molecule has 2 amide bonds. The van der Waals surface area contributed by atoms with Gasteiger partial charge in [0.05, 0.1) is 0 Å². The van der Waals surface area contributed by atoms with Crippen LogP contribution in [0.3, 0.4) is 0 Å². The molecule has 0 aliphatic heterocycles. The second kappa shape index (κ2) is 11.1. The minimum atomic E-state index is -0.436. The van der Waals surface area contributed by atoms with Crippen LogP contribution in [0.5, 0.6) is 5.75 Å². The van der Waals surface area contributed by atoms with E-state index in [1.165, 1.54) is 0 Å². The molecule has 0 atom stereocenters. The largest absolute Gasteiger partial charge is 0.484 e. The van der Waals surface area contributed by atoms with Gasteiger partial charge >= 0.3 is 6.09 Å². The van der Waals surface area contributed by atoms with Crippen molar-refractivity contribution in [3.8, 4) is 5.75 Å². The maximum Gasteiger partial charge on any atom is 0.407 e. The summed E-state index contributed by atoms with van der Waals surface area (Å²) < 4.78 is 10.7. The molecule has 0 radical (unpaired) electrons. The Balaban J connectivity index is 1.31. The first-order valence-electron chi connectivity index (χ1n) is 9.83. The van der Waals surface area contributed by atoms with Gasteiger partial charge in [-0.1, -0.05) is 35.3 Å². The molecule has 0 spiro atoms. The number of nitrogens with one attached hydrogen (secondary N) is 2. The second-order valence-electron chi connectivity index (χ2n) is 7.21. The minimum Gasteiger partial charge on any atom is -0.484 e. The molecule has 160 valence electrons. The molecule has 2 aromatic carbocycles. The van der Waals surface area contributed by atoms with E-state index >= 15 is 0 Å². The average molecular weight is 451 g/mol. The highest BCUT2D eigenvalue weighted by molar-refractivity contribution is 6.30. The van der Waals surface area contributed by atoms with Crippen molar-refractivity contribution in [2.75, 3.05) is 6.61 Å². The highest BCUT2D eigenvalue weighted by atomic mass is 35.5. The molecule has 1 aliphatic rings. The highest BCUT2D eigenvalue weighted by Crippen LogP contribution is 2.19. The lowest BCUT2D eigenvalue weighted by atomic mass is 9.91. The van der Waals surface area contributed by atoms with E-state index in [-0.39, 0.29) is 31.2 Å². The van der Waals surface area contributed by atoms with Gasteiger partial charge < -0.3 is 20.1 Å². The van der Waals surface area contributed by atoms with Gasteiger partial charge in [-0.3, -0.25) is 4.79 Å². The van der Waals surface area contributed by atoms with Crippen molar-refractivity contribution in [3.05, 3.63) is 64.1 Å². The van der Waals surface area contributed by atoms with Crippen LogP contribution in [0.1, 0.15) is 31.2 Å². The third-order valence-electron chi connectivity index (χ3n) is 4.88. The van der Waals surface area contributed by atoms with E-state index in [2.05, 4.69) is 10.6 Å². The second-order valence-corrected chi connectivity index (χ2v) is 8.08. The summed E-state index contributed by atoms with van der Waals surface area (Å²) in [5.74, 6) is 0.434. The summed E-state index contributed by atoms with van der Waals surface area (Å²) >= 11 is 11.7. The first-order valence-corrected chi connectivity index (χ1v) is 10.6. The Kier molecular flexibility index (Phi) is 8.22. The number of amides is 2. The lowest BCUT2D eigenvalue weighted by molar-refractivity contribution is -0.124. The number of carbonyl (C=O) groups is 2. The normalized spacial score (nSPS) is 18.3. The molecule has 1 fully saturated rings. The van der Waals surface area contributed by atoms with E-state index in [0.717, 1.165) is 31.2 Å². The van der Waals surface area contributed by atoms with E-state index in [0.29, 0.717) is 15.8 Å². The maximum atomic E-state index is 12.1. The molecule has 2 N–H and O–H groups in total. The van der Waals surface area contributed by atoms with Crippen molar-refractivity contribution in [2.45, 2.75) is 44.4 Å². The lowest BCUT2D eigenvalue weighted by Gasteiger charge is -2.29. The molecule has 0 bridgehead atoms. The predicted octanol–water partition coefficient (Wildman–Crippen LogP) is 4.73. The fourth-order valence-corrected chi connectivity index (χ4v) is 3.52. The first kappa shape index (κ1) is 22.2. The standard InChI is InChI=1S/C22H24Cl2N2O4/c23-16-3-1-15(2-4-16)13-30-22(28)26-19-9-7-18(8-10-19)25-21(27)14-29-20-11-5-17(24)6-12-20/h1-6,11-12,18-19H,7-10,13-14H2,(H,25,27)(H,26,28). The van der Waals surface area contributed by atoms with E-state index in [9.17, 15) is 9.59 Å². The summed E-state index contributed by atoms with van der Waals surface area (Å²) in [4.78, 5) is 24.1. The number of hydrogen-bond donors (Lipinski definition) is 2. The van der Waals surface area contributed by atoms with Crippen molar-refractivity contribution < 1.29 is 19.1 Å². The Morgan fingerprint density at radius 1 is 0.833 bits per heavy atom. The quantitative estimate of drug-likeness (QED) is 0.639. The summed E-state index contributed by atoms with van der Waals surface area (Å²) in [6.07, 6.45) is 2.69. The monoisotopic (exact) mass is 450 g/mol.